The predicted molar refractivity (Wildman–Crippen MR) is 114 cm³/mol. The van der Waals surface area contributed by atoms with Gasteiger partial charge in [0.1, 0.15) is 0 Å². The number of ether oxygens (including phenoxy) is 1. The van der Waals surface area contributed by atoms with Gasteiger partial charge in [-0.25, -0.2) is 0 Å². The molecule has 1 fully saturated rings. The minimum Gasteiger partial charge on any atom is -0.378 e. The van der Waals surface area contributed by atoms with Crippen molar-refractivity contribution in [1.29, 1.82) is 0 Å². The molecule has 0 spiro atoms. The van der Waals surface area contributed by atoms with Gasteiger partial charge in [0.2, 0.25) is 17.8 Å². The fourth-order valence-corrected chi connectivity index (χ4v) is 3.43. The van der Waals surface area contributed by atoms with Gasteiger partial charge in [0.25, 0.3) is 0 Å². The summed E-state index contributed by atoms with van der Waals surface area (Å²) in [6.45, 7) is 4.72. The number of nitrogens with one attached hydrogen (secondary N) is 1. The Kier molecular flexibility index (Phi) is 5.27. The topological polar surface area (TPSA) is 93.9 Å². The summed E-state index contributed by atoms with van der Waals surface area (Å²) in [5, 5.41) is 3.27. The number of benzene rings is 1. The Labute approximate surface area is 173 Å². The largest absolute Gasteiger partial charge is 0.378 e. The Morgan fingerprint density at radius 1 is 0.935 bits per heavy atom. The summed E-state index contributed by atoms with van der Waals surface area (Å²) in [4.78, 5) is 25.1. The average Bonchev–Trinajstić information content (AvgIpc) is 3.19. The summed E-state index contributed by atoms with van der Waals surface area (Å²) in [5.41, 5.74) is 2.69. The van der Waals surface area contributed by atoms with Crippen LogP contribution in [0.25, 0.3) is 17.0 Å². The Morgan fingerprint density at radius 3 is 2.45 bits per heavy atom. The monoisotopic (exact) mass is 658 g/mol. The van der Waals surface area contributed by atoms with E-state index in [2.05, 4.69) is 20.2 Å². The van der Waals surface area contributed by atoms with Crippen LogP contribution in [0.5, 0.6) is 0 Å². The number of hydrogen-bond acceptors (Lipinski definition) is 8. The van der Waals surface area contributed by atoms with E-state index in [4.69, 9.17) is 19.7 Å². The van der Waals surface area contributed by atoms with Gasteiger partial charge in [0, 0.05) is 31.2 Å². The summed E-state index contributed by atoms with van der Waals surface area (Å²) in [6.07, 6.45) is 5.40. The maximum atomic E-state index is 5.49. The van der Waals surface area contributed by atoms with Crippen molar-refractivity contribution in [3.05, 3.63) is 61.0 Å². The number of anilines is 3. The maximum Gasteiger partial charge on any atom is 0.240 e. The standard InChI is InChI=1S/C21H21N8O.Fm/c1-2-18-24-16-5-3-4-6-17(16)29(18)21-26-19(23-15-7-9-22-10-8-15)25-20(27-21)28-11-13-30-14-12-28;/h2-10H,11-14H2,1H3,(H,22,23,25,26,27);/q-1;. The van der Waals surface area contributed by atoms with Crippen molar-refractivity contribution < 1.29 is 4.74 Å². The second-order valence-electron chi connectivity index (χ2n) is 6.80. The van der Waals surface area contributed by atoms with Crippen LogP contribution in [0.3, 0.4) is 0 Å². The van der Waals surface area contributed by atoms with Crippen molar-refractivity contribution in [3.63, 3.8) is 0 Å². The van der Waals surface area contributed by atoms with Gasteiger partial charge >= 0.3 is 0 Å². The minimum atomic E-state index is 0. The normalized spacial score (nSPS) is 13.6. The van der Waals surface area contributed by atoms with Crippen LogP contribution in [-0.2, 0) is 4.74 Å². The van der Waals surface area contributed by atoms with Gasteiger partial charge in [0.15, 0.2) is 0 Å². The van der Waals surface area contributed by atoms with Crippen molar-refractivity contribution >= 4 is 28.6 Å². The smallest absolute Gasteiger partial charge is 0.240 e. The molecule has 1 aliphatic rings. The average molecular weight is 658 g/mol. The van der Waals surface area contributed by atoms with Crippen molar-refractivity contribution in [2.24, 2.45) is 0 Å². The molecule has 1 aliphatic heterocycles. The first kappa shape index (κ1) is 19.6. The molecule has 4 aromatic rings. The van der Waals surface area contributed by atoms with Crippen molar-refractivity contribution in [3.8, 4) is 5.95 Å². The summed E-state index contributed by atoms with van der Waals surface area (Å²) in [5.74, 6) is 2.38. The van der Waals surface area contributed by atoms with E-state index in [1.165, 1.54) is 0 Å². The van der Waals surface area contributed by atoms with E-state index >= 15 is 0 Å². The zero-order valence-electron chi connectivity index (χ0n) is 16.9. The van der Waals surface area contributed by atoms with Gasteiger partial charge in [-0.05, 0) is 30.1 Å². The number of pyridine rings is 1. The van der Waals surface area contributed by atoms with Crippen LogP contribution in [0.15, 0.2) is 48.8 Å². The first-order chi connectivity index (χ1) is 14.8. The van der Waals surface area contributed by atoms with Crippen molar-refractivity contribution in [2.75, 3.05) is 36.5 Å². The Bertz CT molecular complexity index is 1160. The van der Waals surface area contributed by atoms with Crippen molar-refractivity contribution in [2.45, 2.75) is 6.92 Å². The number of nitrogens with zero attached hydrogens (tertiary/aromatic N) is 7. The number of imidazole rings is 1. The SMILES string of the molecule is C[CH-]c1nc2ccccc2n1-c1nc(Nc2ccncc2)nc(N2CCOCC2)n1.[Fm]. The Hall–Kier alpha value is -4.72. The summed E-state index contributed by atoms with van der Waals surface area (Å²) >= 11 is 0. The third-order valence-electron chi connectivity index (χ3n) is 4.89. The van der Waals surface area contributed by atoms with Crippen LogP contribution in [0.1, 0.15) is 12.7 Å². The van der Waals surface area contributed by atoms with Crippen molar-refractivity contribution in [1.82, 2.24) is 29.5 Å². The molecule has 164 valence electrons. The van der Waals surface area contributed by atoms with Gasteiger partial charge in [0.05, 0.1) is 24.2 Å². The third kappa shape index (κ3) is 3.77. The fraction of sp³-hybridized carbons (Fsp3) is 0.238. The number of morpholine rings is 1. The van der Waals surface area contributed by atoms with E-state index in [0.29, 0.717) is 31.1 Å². The first-order valence-corrected chi connectivity index (χ1v) is 9.85. The number of fused-ring (bicyclic) bond motifs is 1. The molecule has 5 rings (SSSR count). The molecule has 3 aromatic heterocycles. The third-order valence-corrected chi connectivity index (χ3v) is 4.89. The molecule has 4 heterocycles. The number of hydrogen-bond donors (Lipinski definition) is 1. The zero-order valence-corrected chi connectivity index (χ0v) is 19.3. The second-order valence-corrected chi connectivity index (χ2v) is 6.80. The maximum absolute atomic E-state index is 5.49. The first-order valence-electron chi connectivity index (χ1n) is 9.85. The molecular weight excluding hydrogens is 637 g/mol. The zero-order chi connectivity index (χ0) is 20.3. The molecule has 0 bridgehead atoms. The minimum absolute atomic E-state index is 0. The van der Waals surface area contributed by atoms with Gasteiger partial charge in [-0.1, -0.05) is 12.1 Å². The number of aromatic nitrogens is 6. The molecule has 31 heavy (non-hydrogen) atoms. The molecule has 9 nitrogen and oxygen atoms in total. The van der Waals surface area contributed by atoms with E-state index in [1.54, 1.807) is 12.4 Å². The predicted octanol–water partition coefficient (Wildman–Crippen LogP) is 2.76. The molecule has 0 aliphatic carbocycles. The molecular formula is C21H21FmN8O-. The van der Waals surface area contributed by atoms with Gasteiger partial charge in [-0.15, -0.1) is 0 Å². The molecule has 1 N–H and O–H groups in total. The summed E-state index contributed by atoms with van der Waals surface area (Å²) in [7, 11) is 0. The second kappa shape index (κ2) is 8.34. The van der Waals surface area contributed by atoms with E-state index in [1.807, 2.05) is 54.3 Å². The molecule has 0 atom stereocenters. The van der Waals surface area contributed by atoms with Crippen LogP contribution in [0.2, 0.25) is 0 Å². The van der Waals surface area contributed by atoms with E-state index in [9.17, 15) is 0 Å². The van der Waals surface area contributed by atoms with Crippen LogP contribution >= 0.6 is 0 Å². The van der Waals surface area contributed by atoms with Crippen LogP contribution in [0, 0.1) is 6.42 Å². The number of rotatable bonds is 5. The quantitative estimate of drug-likeness (QED) is 0.328. The summed E-state index contributed by atoms with van der Waals surface area (Å²) < 4.78 is 7.45. The van der Waals surface area contributed by atoms with Gasteiger partial charge < -0.3 is 21.4 Å². The van der Waals surface area contributed by atoms with Crippen LogP contribution in [0.4, 0.5) is 17.6 Å². The van der Waals surface area contributed by atoms with Crippen LogP contribution in [-0.4, -0.2) is 55.8 Å². The molecule has 0 amide bonds. The van der Waals surface area contributed by atoms with Crippen LogP contribution < -0.4 is 10.2 Å². The Balaban J connectivity index is 0.00000231. The number of para-hydroxylation sites is 2. The molecule has 1 saturated heterocycles. The Morgan fingerprint density at radius 2 is 1.68 bits per heavy atom. The van der Waals surface area contributed by atoms with E-state index in [0.717, 1.165) is 35.6 Å². The molecule has 1 aromatic carbocycles. The molecule has 0 saturated carbocycles. The summed E-state index contributed by atoms with van der Waals surface area (Å²) in [6, 6.07) is 11.7. The molecule has 0 unspecified atom stereocenters. The molecule has 0 radical (unpaired) electrons. The van der Waals surface area contributed by atoms with Gasteiger partial charge in [-0.3, -0.25) is 14.5 Å². The molecule has 10 heteroatoms. The van der Waals surface area contributed by atoms with Gasteiger partial charge in [-0.2, -0.15) is 21.9 Å². The fourth-order valence-electron chi connectivity index (χ4n) is 3.43. The van der Waals surface area contributed by atoms with E-state index < -0.39 is 0 Å². The van der Waals surface area contributed by atoms with E-state index in [-0.39, 0.29) is 0 Å².